The first-order chi connectivity index (χ1) is 11.1. The third-order valence-corrected chi connectivity index (χ3v) is 6.83. The molecule has 0 amide bonds. The number of rotatable bonds is 2. The lowest BCUT2D eigenvalue weighted by molar-refractivity contribution is 0.000467. The number of hydrogen-bond donors (Lipinski definition) is 0. The van der Waals surface area contributed by atoms with Gasteiger partial charge in [0.25, 0.3) is 0 Å². The van der Waals surface area contributed by atoms with E-state index in [0.29, 0.717) is 12.0 Å². The Morgan fingerprint density at radius 3 is 2.83 bits per heavy atom. The van der Waals surface area contributed by atoms with Crippen LogP contribution in [0.2, 0.25) is 0 Å². The number of fused-ring (bicyclic) bond motifs is 3. The number of benzene rings is 1. The van der Waals surface area contributed by atoms with Crippen LogP contribution in [-0.4, -0.2) is 49.7 Å². The highest BCUT2D eigenvalue weighted by Gasteiger charge is 2.56. The van der Waals surface area contributed by atoms with Crippen LogP contribution in [0.15, 0.2) is 18.2 Å². The summed E-state index contributed by atoms with van der Waals surface area (Å²) < 4.78 is 11.0. The van der Waals surface area contributed by atoms with Crippen LogP contribution < -0.4 is 4.74 Å². The molecule has 0 spiro atoms. The molecule has 0 N–H and O–H groups in total. The van der Waals surface area contributed by atoms with E-state index in [-0.39, 0.29) is 10.8 Å². The molecular weight excluding hydrogens is 310 g/mol. The first kappa shape index (κ1) is 15.7. The molecule has 4 heteroatoms. The lowest BCUT2D eigenvalue weighted by Crippen LogP contribution is -2.55. The molecule has 1 heterocycles. The molecule has 2 aliphatic carbocycles. The molecule has 4 atom stereocenters. The van der Waals surface area contributed by atoms with Crippen molar-refractivity contribution < 1.29 is 9.47 Å². The van der Waals surface area contributed by atoms with Gasteiger partial charge < -0.3 is 9.47 Å². The predicted octanol–water partition coefficient (Wildman–Crippen LogP) is 3.23. The van der Waals surface area contributed by atoms with Gasteiger partial charge in [0.2, 0.25) is 0 Å². The van der Waals surface area contributed by atoms with Gasteiger partial charge in [-0.2, -0.15) is 0 Å². The molecule has 0 radical (unpaired) electrons. The lowest BCUT2D eigenvalue weighted by Gasteiger charge is -2.47. The zero-order chi connectivity index (χ0) is 16.0. The second-order valence-electron chi connectivity index (χ2n) is 7.39. The number of ether oxygens (including phenoxy) is 2. The number of morpholine rings is 1. The molecule has 3 nitrogen and oxygen atoms in total. The summed E-state index contributed by atoms with van der Waals surface area (Å²) in [6.07, 6.45) is 3.51. The molecule has 126 valence electrons. The highest BCUT2D eigenvalue weighted by molar-refractivity contribution is 6.21. The molecule has 2 fully saturated rings. The third kappa shape index (κ3) is 2.40. The van der Waals surface area contributed by atoms with Crippen molar-refractivity contribution in [3.8, 4) is 5.75 Å². The first-order valence-electron chi connectivity index (χ1n) is 8.78. The quantitative estimate of drug-likeness (QED) is 0.775. The van der Waals surface area contributed by atoms with E-state index in [9.17, 15) is 0 Å². The Kier molecular flexibility index (Phi) is 4.07. The second kappa shape index (κ2) is 5.94. The van der Waals surface area contributed by atoms with E-state index in [1.54, 1.807) is 7.11 Å². The van der Waals surface area contributed by atoms with Gasteiger partial charge in [0.15, 0.2) is 0 Å². The minimum atomic E-state index is 0.142. The van der Waals surface area contributed by atoms with E-state index < -0.39 is 0 Å². The summed E-state index contributed by atoms with van der Waals surface area (Å²) in [5.74, 6) is 1.65. The molecule has 1 aromatic rings. The van der Waals surface area contributed by atoms with Crippen molar-refractivity contribution in [3.63, 3.8) is 0 Å². The van der Waals surface area contributed by atoms with Crippen LogP contribution >= 0.6 is 11.6 Å². The standard InChI is InChI=1S/C19H26ClNO2/c1-19-14(4-3-13-11-15(22-2)5-6-16(13)19)12-17(20)18(19)21-7-9-23-10-8-21/h5-6,11,14,17-18H,3-4,7-10,12H2,1-2H3/t14-,17-,18-,19+/m0/s1. The molecule has 23 heavy (non-hydrogen) atoms. The molecule has 3 aliphatic rings. The molecule has 1 aliphatic heterocycles. The average molecular weight is 336 g/mol. The Balaban J connectivity index is 1.76. The fraction of sp³-hybridized carbons (Fsp3) is 0.684. The van der Waals surface area contributed by atoms with Crippen molar-refractivity contribution in [2.45, 2.75) is 43.0 Å². The van der Waals surface area contributed by atoms with Crippen LogP contribution in [0, 0.1) is 5.92 Å². The summed E-state index contributed by atoms with van der Waals surface area (Å²) in [6.45, 7) is 6.11. The minimum absolute atomic E-state index is 0.142. The van der Waals surface area contributed by atoms with Gasteiger partial charge in [0.1, 0.15) is 5.75 Å². The Hall–Kier alpha value is -0.770. The largest absolute Gasteiger partial charge is 0.497 e. The number of aryl methyl sites for hydroxylation is 1. The summed E-state index contributed by atoms with van der Waals surface area (Å²) in [6, 6.07) is 7.05. The molecule has 0 unspecified atom stereocenters. The summed E-state index contributed by atoms with van der Waals surface area (Å²) in [7, 11) is 1.75. The van der Waals surface area contributed by atoms with E-state index in [4.69, 9.17) is 21.1 Å². The minimum Gasteiger partial charge on any atom is -0.497 e. The van der Waals surface area contributed by atoms with Crippen molar-refractivity contribution in [3.05, 3.63) is 29.3 Å². The second-order valence-corrected chi connectivity index (χ2v) is 7.95. The molecule has 1 aromatic carbocycles. The van der Waals surface area contributed by atoms with Crippen molar-refractivity contribution >= 4 is 11.6 Å². The molecule has 0 bridgehead atoms. The average Bonchev–Trinajstić information content (AvgIpc) is 2.85. The maximum Gasteiger partial charge on any atom is 0.119 e. The summed E-state index contributed by atoms with van der Waals surface area (Å²) >= 11 is 6.89. The van der Waals surface area contributed by atoms with E-state index in [1.165, 1.54) is 17.5 Å². The Labute approximate surface area is 143 Å². The van der Waals surface area contributed by atoms with Crippen LogP contribution in [0.5, 0.6) is 5.75 Å². The Bertz CT molecular complexity index is 587. The van der Waals surface area contributed by atoms with Gasteiger partial charge in [-0.15, -0.1) is 11.6 Å². The highest BCUT2D eigenvalue weighted by Crippen LogP contribution is 2.55. The maximum absolute atomic E-state index is 6.89. The smallest absolute Gasteiger partial charge is 0.119 e. The first-order valence-corrected chi connectivity index (χ1v) is 9.21. The fourth-order valence-corrected chi connectivity index (χ4v) is 5.92. The van der Waals surface area contributed by atoms with Gasteiger partial charge >= 0.3 is 0 Å². The molecular formula is C19H26ClNO2. The number of hydrogen-bond acceptors (Lipinski definition) is 3. The van der Waals surface area contributed by atoms with Gasteiger partial charge in [-0.05, 0) is 48.4 Å². The van der Waals surface area contributed by atoms with E-state index in [2.05, 4.69) is 30.0 Å². The molecule has 4 rings (SSSR count). The van der Waals surface area contributed by atoms with Crippen molar-refractivity contribution in [1.29, 1.82) is 0 Å². The highest BCUT2D eigenvalue weighted by atomic mass is 35.5. The van der Waals surface area contributed by atoms with Crippen LogP contribution in [0.25, 0.3) is 0 Å². The van der Waals surface area contributed by atoms with Gasteiger partial charge in [0, 0.05) is 24.5 Å². The van der Waals surface area contributed by atoms with Gasteiger partial charge in [-0.1, -0.05) is 13.0 Å². The SMILES string of the molecule is COc1ccc2c(c1)CC[C@H]1C[C@H](Cl)[C@H](N3CCOCC3)[C@@]21C. The topological polar surface area (TPSA) is 21.7 Å². The van der Waals surface area contributed by atoms with Crippen LogP contribution in [0.1, 0.15) is 30.9 Å². The van der Waals surface area contributed by atoms with Gasteiger partial charge in [-0.25, -0.2) is 0 Å². The Morgan fingerprint density at radius 1 is 1.30 bits per heavy atom. The number of halogens is 1. The summed E-state index contributed by atoms with van der Waals surface area (Å²) in [4.78, 5) is 2.58. The molecule has 0 aromatic heterocycles. The lowest BCUT2D eigenvalue weighted by atomic mass is 9.64. The number of methoxy groups -OCH3 is 1. The van der Waals surface area contributed by atoms with Crippen LogP contribution in [0.3, 0.4) is 0 Å². The maximum atomic E-state index is 6.89. The zero-order valence-corrected chi connectivity index (χ0v) is 14.8. The van der Waals surface area contributed by atoms with Crippen molar-refractivity contribution in [2.75, 3.05) is 33.4 Å². The van der Waals surface area contributed by atoms with E-state index in [1.807, 2.05) is 0 Å². The van der Waals surface area contributed by atoms with Crippen molar-refractivity contribution in [1.82, 2.24) is 4.90 Å². The number of alkyl halides is 1. The number of nitrogens with zero attached hydrogens (tertiary/aromatic N) is 1. The normalized spacial score (nSPS) is 37.3. The zero-order valence-electron chi connectivity index (χ0n) is 14.1. The Morgan fingerprint density at radius 2 is 2.09 bits per heavy atom. The van der Waals surface area contributed by atoms with E-state index in [0.717, 1.165) is 44.9 Å². The summed E-state index contributed by atoms with van der Waals surface area (Å²) in [5, 5.41) is 0.233. The predicted molar refractivity (Wildman–Crippen MR) is 92.6 cm³/mol. The molecule has 1 saturated carbocycles. The third-order valence-electron chi connectivity index (χ3n) is 6.41. The fourth-order valence-electron chi connectivity index (χ4n) is 5.28. The van der Waals surface area contributed by atoms with Crippen LogP contribution in [0.4, 0.5) is 0 Å². The van der Waals surface area contributed by atoms with E-state index >= 15 is 0 Å². The monoisotopic (exact) mass is 335 g/mol. The van der Waals surface area contributed by atoms with Crippen molar-refractivity contribution in [2.24, 2.45) is 5.92 Å². The summed E-state index contributed by atoms with van der Waals surface area (Å²) in [5.41, 5.74) is 3.09. The van der Waals surface area contributed by atoms with Gasteiger partial charge in [0.05, 0.1) is 25.7 Å². The molecule has 1 saturated heterocycles. The van der Waals surface area contributed by atoms with Gasteiger partial charge in [-0.3, -0.25) is 4.90 Å². The van der Waals surface area contributed by atoms with Crippen LogP contribution in [-0.2, 0) is 16.6 Å².